The van der Waals surface area contributed by atoms with Gasteiger partial charge in [-0.15, -0.1) is 0 Å². The third kappa shape index (κ3) is 3.49. The SMILES string of the molecule is CN(C)CCNC(=O)c1cc2c(c3oc4ncccc4c(=O)c13)C=CC(C)(C)O2. The molecule has 4 rings (SSSR count). The number of fused-ring (bicyclic) bond motifs is 4. The van der Waals surface area contributed by atoms with E-state index in [1.165, 1.54) is 0 Å². The van der Waals surface area contributed by atoms with Crippen molar-refractivity contribution in [3.63, 3.8) is 0 Å². The first-order valence-corrected chi connectivity index (χ1v) is 9.46. The van der Waals surface area contributed by atoms with Gasteiger partial charge in [0, 0.05) is 19.3 Å². The molecule has 150 valence electrons. The van der Waals surface area contributed by atoms with Gasteiger partial charge in [-0.3, -0.25) is 9.59 Å². The van der Waals surface area contributed by atoms with E-state index in [9.17, 15) is 9.59 Å². The first-order chi connectivity index (χ1) is 13.8. The Morgan fingerprint density at radius 2 is 2.10 bits per heavy atom. The maximum atomic E-state index is 13.3. The average molecular weight is 393 g/mol. The number of amides is 1. The predicted molar refractivity (Wildman–Crippen MR) is 112 cm³/mol. The van der Waals surface area contributed by atoms with Crippen molar-refractivity contribution in [1.82, 2.24) is 15.2 Å². The normalized spacial score (nSPS) is 14.8. The summed E-state index contributed by atoms with van der Waals surface area (Å²) in [7, 11) is 3.85. The van der Waals surface area contributed by atoms with Crippen molar-refractivity contribution >= 4 is 34.1 Å². The van der Waals surface area contributed by atoms with Crippen LogP contribution in [0, 0.1) is 0 Å². The Morgan fingerprint density at radius 1 is 1.31 bits per heavy atom. The van der Waals surface area contributed by atoms with E-state index in [1.54, 1.807) is 24.4 Å². The fraction of sp³-hybridized carbons (Fsp3) is 0.318. The lowest BCUT2D eigenvalue weighted by molar-refractivity contribution is 0.0951. The Morgan fingerprint density at radius 3 is 2.86 bits per heavy atom. The van der Waals surface area contributed by atoms with Crippen LogP contribution in [-0.4, -0.2) is 48.6 Å². The van der Waals surface area contributed by atoms with Crippen LogP contribution < -0.4 is 15.5 Å². The molecule has 0 atom stereocenters. The molecule has 0 unspecified atom stereocenters. The highest BCUT2D eigenvalue weighted by molar-refractivity contribution is 6.10. The Bertz CT molecular complexity index is 1210. The molecule has 0 saturated heterocycles. The Labute approximate surface area is 168 Å². The van der Waals surface area contributed by atoms with Gasteiger partial charge in [-0.05, 0) is 58.3 Å². The maximum Gasteiger partial charge on any atom is 0.252 e. The van der Waals surface area contributed by atoms with Gasteiger partial charge in [0.1, 0.15) is 11.4 Å². The third-order valence-corrected chi connectivity index (χ3v) is 4.84. The van der Waals surface area contributed by atoms with Crippen molar-refractivity contribution < 1.29 is 13.9 Å². The number of ether oxygens (including phenoxy) is 1. The van der Waals surface area contributed by atoms with Gasteiger partial charge in [-0.25, -0.2) is 4.98 Å². The number of benzene rings is 1. The van der Waals surface area contributed by atoms with E-state index in [4.69, 9.17) is 9.15 Å². The number of likely N-dealkylation sites (N-methyl/N-ethyl adjacent to an activating group) is 1. The number of carbonyl (C=O) groups excluding carboxylic acids is 1. The van der Waals surface area contributed by atoms with Crippen molar-refractivity contribution in [2.45, 2.75) is 19.4 Å². The molecule has 0 radical (unpaired) electrons. The molecule has 1 amide bonds. The molecule has 3 aromatic rings. The van der Waals surface area contributed by atoms with Crippen LogP contribution in [0.3, 0.4) is 0 Å². The number of carbonyl (C=O) groups is 1. The minimum absolute atomic E-state index is 0.232. The Balaban J connectivity index is 1.97. The van der Waals surface area contributed by atoms with Crippen molar-refractivity contribution in [1.29, 1.82) is 0 Å². The number of nitrogens with one attached hydrogen (secondary N) is 1. The fourth-order valence-corrected chi connectivity index (χ4v) is 3.37. The molecule has 0 saturated carbocycles. The van der Waals surface area contributed by atoms with Gasteiger partial charge in [-0.1, -0.05) is 0 Å². The molecule has 3 heterocycles. The summed E-state index contributed by atoms with van der Waals surface area (Å²) < 4.78 is 12.1. The number of rotatable bonds is 4. The standard InChI is InChI=1S/C22H23N3O4/c1-22(2)8-7-13-16(29-22)12-15(20(27)23-10-11-25(3)4)17-18(26)14-6-5-9-24-21(14)28-19(13)17/h5-9,12H,10-11H2,1-4H3,(H,23,27). The molecule has 7 nitrogen and oxygen atoms in total. The number of pyridine rings is 1. The molecule has 0 fully saturated rings. The van der Waals surface area contributed by atoms with Gasteiger partial charge >= 0.3 is 0 Å². The third-order valence-electron chi connectivity index (χ3n) is 4.84. The largest absolute Gasteiger partial charge is 0.483 e. The molecule has 0 bridgehead atoms. The lowest BCUT2D eigenvalue weighted by Crippen LogP contribution is -2.32. The van der Waals surface area contributed by atoms with Crippen LogP contribution in [-0.2, 0) is 0 Å². The zero-order valence-electron chi connectivity index (χ0n) is 16.9. The predicted octanol–water partition coefficient (Wildman–Crippen LogP) is 2.82. The van der Waals surface area contributed by atoms with Crippen LogP contribution in [0.4, 0.5) is 0 Å². The van der Waals surface area contributed by atoms with Crippen LogP contribution in [0.1, 0.15) is 29.8 Å². The van der Waals surface area contributed by atoms with Gasteiger partial charge in [0.15, 0.2) is 5.58 Å². The quantitative estimate of drug-likeness (QED) is 0.686. The van der Waals surface area contributed by atoms with Gasteiger partial charge in [0.25, 0.3) is 5.91 Å². The van der Waals surface area contributed by atoms with Crippen LogP contribution in [0.15, 0.2) is 39.7 Å². The van der Waals surface area contributed by atoms with Gasteiger partial charge in [-0.2, -0.15) is 0 Å². The fourth-order valence-electron chi connectivity index (χ4n) is 3.37. The maximum absolute atomic E-state index is 13.3. The molecule has 1 N–H and O–H groups in total. The smallest absolute Gasteiger partial charge is 0.252 e. The van der Waals surface area contributed by atoms with E-state index in [2.05, 4.69) is 10.3 Å². The second-order valence-electron chi connectivity index (χ2n) is 7.93. The van der Waals surface area contributed by atoms with E-state index in [-0.39, 0.29) is 28.0 Å². The molecule has 7 heteroatoms. The molecule has 1 aliphatic heterocycles. The second kappa shape index (κ2) is 7.00. The van der Waals surface area contributed by atoms with E-state index in [0.717, 1.165) is 0 Å². The zero-order chi connectivity index (χ0) is 20.8. The monoisotopic (exact) mass is 393 g/mol. The van der Waals surface area contributed by atoms with Crippen LogP contribution >= 0.6 is 0 Å². The van der Waals surface area contributed by atoms with Gasteiger partial charge in [0.05, 0.1) is 21.9 Å². The average Bonchev–Trinajstić information content (AvgIpc) is 2.66. The lowest BCUT2D eigenvalue weighted by atomic mass is 9.97. The van der Waals surface area contributed by atoms with Crippen molar-refractivity contribution in [3.8, 4) is 5.75 Å². The summed E-state index contributed by atoms with van der Waals surface area (Å²) >= 11 is 0. The Hall–Kier alpha value is -3.19. The minimum atomic E-state index is -0.533. The van der Waals surface area contributed by atoms with Crippen molar-refractivity contribution in [3.05, 3.63) is 51.8 Å². The number of hydrogen-bond donors (Lipinski definition) is 1. The molecule has 1 aromatic carbocycles. The summed E-state index contributed by atoms with van der Waals surface area (Å²) in [6.07, 6.45) is 5.33. The highest BCUT2D eigenvalue weighted by Crippen LogP contribution is 2.38. The van der Waals surface area contributed by atoms with E-state index >= 15 is 0 Å². The van der Waals surface area contributed by atoms with E-state index in [0.29, 0.717) is 35.4 Å². The first-order valence-electron chi connectivity index (χ1n) is 9.46. The number of aromatic nitrogens is 1. The first kappa shape index (κ1) is 19.1. The van der Waals surface area contributed by atoms with E-state index in [1.807, 2.05) is 45.0 Å². The molecular weight excluding hydrogens is 370 g/mol. The van der Waals surface area contributed by atoms with Crippen LogP contribution in [0.25, 0.3) is 28.1 Å². The molecule has 2 aromatic heterocycles. The topological polar surface area (TPSA) is 84.7 Å². The zero-order valence-corrected chi connectivity index (χ0v) is 16.9. The molecule has 0 aliphatic carbocycles. The van der Waals surface area contributed by atoms with E-state index < -0.39 is 5.60 Å². The molecule has 0 spiro atoms. The summed E-state index contributed by atoms with van der Waals surface area (Å²) in [6.45, 7) is 4.98. The summed E-state index contributed by atoms with van der Waals surface area (Å²) in [4.78, 5) is 32.4. The second-order valence-corrected chi connectivity index (χ2v) is 7.93. The number of hydrogen-bond acceptors (Lipinski definition) is 6. The summed E-state index contributed by atoms with van der Waals surface area (Å²) in [5.74, 6) is 0.160. The van der Waals surface area contributed by atoms with Crippen molar-refractivity contribution in [2.75, 3.05) is 27.2 Å². The summed E-state index contributed by atoms with van der Waals surface area (Å²) in [5, 5.41) is 3.45. The highest BCUT2D eigenvalue weighted by atomic mass is 16.5. The molecule has 29 heavy (non-hydrogen) atoms. The summed E-state index contributed by atoms with van der Waals surface area (Å²) in [6, 6.07) is 4.95. The summed E-state index contributed by atoms with van der Waals surface area (Å²) in [5.41, 5.74) is 0.596. The number of nitrogens with zero attached hydrogens (tertiary/aromatic N) is 2. The molecule has 1 aliphatic rings. The minimum Gasteiger partial charge on any atom is -0.483 e. The lowest BCUT2D eigenvalue weighted by Gasteiger charge is -2.28. The van der Waals surface area contributed by atoms with Crippen LogP contribution in [0.5, 0.6) is 5.75 Å². The van der Waals surface area contributed by atoms with Crippen molar-refractivity contribution in [2.24, 2.45) is 0 Å². The van der Waals surface area contributed by atoms with Gasteiger partial charge < -0.3 is 19.4 Å². The van der Waals surface area contributed by atoms with Gasteiger partial charge in [0.2, 0.25) is 11.1 Å². The van der Waals surface area contributed by atoms with Crippen LogP contribution in [0.2, 0.25) is 0 Å². The highest BCUT2D eigenvalue weighted by Gasteiger charge is 2.28. The molecular formula is C22H23N3O4. The Kier molecular flexibility index (Phi) is 4.62.